The van der Waals surface area contributed by atoms with E-state index in [4.69, 9.17) is 9.72 Å². The lowest BCUT2D eigenvalue weighted by Gasteiger charge is -2.27. The number of H-pyrrole nitrogens is 1. The second-order valence-electron chi connectivity index (χ2n) is 7.82. The number of rotatable bonds is 5. The van der Waals surface area contributed by atoms with Gasteiger partial charge in [0, 0.05) is 30.6 Å². The molecule has 1 aliphatic rings. The van der Waals surface area contributed by atoms with E-state index in [1.54, 1.807) is 11.3 Å². The van der Waals surface area contributed by atoms with Crippen molar-refractivity contribution in [2.75, 3.05) is 31.2 Å². The highest BCUT2D eigenvalue weighted by atomic mass is 32.2. The number of thiophene rings is 1. The molecule has 1 saturated heterocycles. The molecular formula is C22H24N6O2S2. The van der Waals surface area contributed by atoms with Crippen LogP contribution in [0.15, 0.2) is 34.2 Å². The molecule has 3 aromatic heterocycles. The quantitative estimate of drug-likeness (QED) is 0.448. The zero-order chi connectivity index (χ0) is 22.2. The van der Waals surface area contributed by atoms with E-state index in [0.717, 1.165) is 45.0 Å². The summed E-state index contributed by atoms with van der Waals surface area (Å²) in [6.45, 7) is 7.12. The summed E-state index contributed by atoms with van der Waals surface area (Å²) in [5, 5.41) is 10.1. The van der Waals surface area contributed by atoms with E-state index in [0.29, 0.717) is 30.2 Å². The van der Waals surface area contributed by atoms with Gasteiger partial charge < -0.3 is 14.6 Å². The van der Waals surface area contributed by atoms with Crippen LogP contribution in [0.5, 0.6) is 0 Å². The fourth-order valence-corrected chi connectivity index (χ4v) is 5.75. The van der Waals surface area contributed by atoms with Gasteiger partial charge in [0.25, 0.3) is 5.56 Å². The van der Waals surface area contributed by atoms with Crippen LogP contribution >= 0.6 is 23.1 Å². The monoisotopic (exact) mass is 468 g/mol. The fourth-order valence-electron chi connectivity index (χ4n) is 3.90. The Morgan fingerprint density at radius 2 is 1.91 bits per heavy atom. The van der Waals surface area contributed by atoms with Gasteiger partial charge in [-0.3, -0.25) is 9.36 Å². The lowest BCUT2D eigenvalue weighted by Crippen LogP contribution is -2.37. The molecule has 0 saturated carbocycles. The first-order chi connectivity index (χ1) is 15.5. The molecule has 166 valence electrons. The molecule has 0 radical (unpaired) electrons. The van der Waals surface area contributed by atoms with Crippen LogP contribution in [0, 0.1) is 13.8 Å². The summed E-state index contributed by atoms with van der Waals surface area (Å²) in [5.41, 5.74) is 3.11. The molecule has 5 rings (SSSR count). The number of hydrogen-bond donors (Lipinski definition) is 1. The van der Waals surface area contributed by atoms with Gasteiger partial charge in [-0.05, 0) is 19.4 Å². The standard InChI is InChI=1S/C22H24N6O2S2/c1-13-4-6-15(7-5-13)17-14(2)32-20-18(17)19(29)23-16(24-20)12-31-22-26-25-21(27(22)3)28-8-10-30-11-9-28/h4-7H,8-12H2,1-3H3,(H,23,24,29). The predicted molar refractivity (Wildman–Crippen MR) is 129 cm³/mol. The first kappa shape index (κ1) is 21.2. The van der Waals surface area contributed by atoms with Crippen molar-refractivity contribution in [2.45, 2.75) is 24.8 Å². The van der Waals surface area contributed by atoms with Gasteiger partial charge in [0.2, 0.25) is 5.95 Å². The van der Waals surface area contributed by atoms with E-state index >= 15 is 0 Å². The Morgan fingerprint density at radius 1 is 1.16 bits per heavy atom. The van der Waals surface area contributed by atoms with Crippen LogP contribution in [-0.2, 0) is 17.5 Å². The predicted octanol–water partition coefficient (Wildman–Crippen LogP) is 3.53. The zero-order valence-electron chi connectivity index (χ0n) is 18.2. The van der Waals surface area contributed by atoms with Crippen molar-refractivity contribution in [3.63, 3.8) is 0 Å². The highest BCUT2D eigenvalue weighted by molar-refractivity contribution is 7.98. The van der Waals surface area contributed by atoms with Crippen LogP contribution in [0.3, 0.4) is 0 Å². The van der Waals surface area contributed by atoms with Crippen molar-refractivity contribution in [2.24, 2.45) is 7.05 Å². The smallest absolute Gasteiger partial charge is 0.260 e. The first-order valence-corrected chi connectivity index (χ1v) is 12.3. The van der Waals surface area contributed by atoms with Gasteiger partial charge in [-0.2, -0.15) is 0 Å². The molecule has 1 fully saturated rings. The number of fused-ring (bicyclic) bond motifs is 1. The van der Waals surface area contributed by atoms with E-state index < -0.39 is 0 Å². The number of ether oxygens (including phenoxy) is 1. The van der Waals surface area contributed by atoms with Gasteiger partial charge in [0.15, 0.2) is 5.16 Å². The molecule has 0 spiro atoms. The van der Waals surface area contributed by atoms with E-state index in [2.05, 4.69) is 51.3 Å². The Balaban J connectivity index is 1.40. The zero-order valence-corrected chi connectivity index (χ0v) is 19.8. The third-order valence-corrected chi connectivity index (χ3v) is 7.60. The minimum Gasteiger partial charge on any atom is -0.378 e. The molecule has 0 unspecified atom stereocenters. The van der Waals surface area contributed by atoms with Crippen LogP contribution in [0.1, 0.15) is 16.3 Å². The molecule has 0 bridgehead atoms. The number of aromatic amines is 1. The van der Waals surface area contributed by atoms with Gasteiger partial charge in [0.1, 0.15) is 10.7 Å². The molecule has 1 N–H and O–H groups in total. The molecular weight excluding hydrogens is 444 g/mol. The lowest BCUT2D eigenvalue weighted by atomic mass is 10.0. The number of thioether (sulfide) groups is 1. The molecule has 0 atom stereocenters. The topological polar surface area (TPSA) is 88.9 Å². The van der Waals surface area contributed by atoms with E-state index in [-0.39, 0.29) is 5.56 Å². The molecule has 4 aromatic rings. The number of anilines is 1. The van der Waals surface area contributed by atoms with Crippen LogP contribution in [0.25, 0.3) is 21.3 Å². The lowest BCUT2D eigenvalue weighted by molar-refractivity contribution is 0.121. The second-order valence-corrected chi connectivity index (χ2v) is 9.97. The first-order valence-electron chi connectivity index (χ1n) is 10.5. The number of nitrogens with zero attached hydrogens (tertiary/aromatic N) is 5. The number of aromatic nitrogens is 5. The Morgan fingerprint density at radius 3 is 2.66 bits per heavy atom. The molecule has 1 aromatic carbocycles. The normalized spacial score (nSPS) is 14.4. The molecule has 8 nitrogen and oxygen atoms in total. The minimum atomic E-state index is -0.0995. The van der Waals surface area contributed by atoms with Crippen molar-refractivity contribution in [3.05, 3.63) is 50.9 Å². The Kier molecular flexibility index (Phi) is 5.75. The van der Waals surface area contributed by atoms with Gasteiger partial charge in [-0.1, -0.05) is 41.6 Å². The summed E-state index contributed by atoms with van der Waals surface area (Å²) in [6, 6.07) is 8.26. The summed E-state index contributed by atoms with van der Waals surface area (Å²) in [6.07, 6.45) is 0. The number of aryl methyl sites for hydroxylation is 2. The maximum absolute atomic E-state index is 13.0. The minimum absolute atomic E-state index is 0.0995. The summed E-state index contributed by atoms with van der Waals surface area (Å²) in [5.74, 6) is 1.99. The second kappa shape index (κ2) is 8.68. The molecule has 0 amide bonds. The van der Waals surface area contributed by atoms with E-state index in [9.17, 15) is 4.79 Å². The third-order valence-electron chi connectivity index (χ3n) is 5.57. The Hall–Kier alpha value is -2.69. The van der Waals surface area contributed by atoms with Crippen molar-refractivity contribution in [1.82, 2.24) is 24.7 Å². The van der Waals surface area contributed by atoms with Crippen LogP contribution in [0.2, 0.25) is 0 Å². The van der Waals surface area contributed by atoms with Gasteiger partial charge >= 0.3 is 0 Å². The maximum Gasteiger partial charge on any atom is 0.260 e. The highest BCUT2D eigenvalue weighted by Gasteiger charge is 2.20. The summed E-state index contributed by atoms with van der Waals surface area (Å²) < 4.78 is 7.40. The fraction of sp³-hybridized carbons (Fsp3) is 0.364. The van der Waals surface area contributed by atoms with Crippen LogP contribution in [0.4, 0.5) is 5.95 Å². The summed E-state index contributed by atoms with van der Waals surface area (Å²) in [7, 11) is 1.96. The average molecular weight is 469 g/mol. The van der Waals surface area contributed by atoms with Gasteiger partial charge in [0.05, 0.1) is 24.4 Å². The molecule has 0 aliphatic carbocycles. The third kappa shape index (κ3) is 3.94. The van der Waals surface area contributed by atoms with Crippen molar-refractivity contribution >= 4 is 39.3 Å². The Labute approximate surface area is 193 Å². The van der Waals surface area contributed by atoms with Crippen LogP contribution in [-0.4, -0.2) is 51.0 Å². The molecule has 32 heavy (non-hydrogen) atoms. The van der Waals surface area contributed by atoms with Gasteiger partial charge in [-0.25, -0.2) is 4.98 Å². The molecule has 10 heteroatoms. The Bertz CT molecular complexity index is 1320. The summed E-state index contributed by atoms with van der Waals surface area (Å²) >= 11 is 3.08. The number of nitrogens with one attached hydrogen (secondary N) is 1. The van der Waals surface area contributed by atoms with E-state index in [1.807, 2.05) is 18.5 Å². The van der Waals surface area contributed by atoms with Crippen LogP contribution < -0.4 is 10.5 Å². The maximum atomic E-state index is 13.0. The molecule has 1 aliphatic heterocycles. The number of hydrogen-bond acceptors (Lipinski definition) is 8. The average Bonchev–Trinajstić information content (AvgIpc) is 3.33. The largest absolute Gasteiger partial charge is 0.378 e. The van der Waals surface area contributed by atoms with Crippen molar-refractivity contribution in [3.8, 4) is 11.1 Å². The van der Waals surface area contributed by atoms with Gasteiger partial charge in [-0.15, -0.1) is 21.5 Å². The number of morpholine rings is 1. The SMILES string of the molecule is Cc1ccc(-c2c(C)sc3nc(CSc4nnc(N5CCOCC5)n4C)[nH]c(=O)c23)cc1. The molecule has 4 heterocycles. The number of benzene rings is 1. The van der Waals surface area contributed by atoms with E-state index in [1.165, 1.54) is 17.3 Å². The highest BCUT2D eigenvalue weighted by Crippen LogP contribution is 2.36. The van der Waals surface area contributed by atoms with Crippen molar-refractivity contribution in [1.29, 1.82) is 0 Å². The summed E-state index contributed by atoms with van der Waals surface area (Å²) in [4.78, 5) is 24.8. The van der Waals surface area contributed by atoms with Crippen molar-refractivity contribution < 1.29 is 4.74 Å².